The van der Waals surface area contributed by atoms with Crippen molar-refractivity contribution in [3.8, 4) is 0 Å². The highest BCUT2D eigenvalue weighted by molar-refractivity contribution is 4.63. The molecule has 0 aliphatic heterocycles. The number of hydrogen-bond acceptors (Lipinski definition) is 5. The number of hydrogen-bond donors (Lipinski definition) is 0. The fourth-order valence-corrected chi connectivity index (χ4v) is 1.02. The summed E-state index contributed by atoms with van der Waals surface area (Å²) in [6.45, 7) is 12.0. The zero-order valence-electron chi connectivity index (χ0n) is 11.0. The molecule has 5 nitrogen and oxygen atoms in total. The lowest BCUT2D eigenvalue weighted by atomic mass is 10.6. The molecule has 0 aromatic carbocycles. The summed E-state index contributed by atoms with van der Waals surface area (Å²) in [7, 11) is 0. The molecule has 5 heteroatoms. The Morgan fingerprint density at radius 3 is 1.50 bits per heavy atom. The minimum atomic E-state index is 0.525. The number of ether oxygens (including phenoxy) is 5. The van der Waals surface area contributed by atoms with Crippen molar-refractivity contribution in [2.75, 3.05) is 59.5 Å². The van der Waals surface area contributed by atoms with Gasteiger partial charge in [0, 0.05) is 0 Å². The lowest BCUT2D eigenvalue weighted by molar-refractivity contribution is -0.00393. The van der Waals surface area contributed by atoms with E-state index in [4.69, 9.17) is 23.7 Å². The molecule has 0 aliphatic rings. The first-order valence-corrected chi connectivity index (χ1v) is 6.06. The molecule has 0 unspecified atom stereocenters. The van der Waals surface area contributed by atoms with E-state index in [1.807, 2.05) is 0 Å². The second-order valence-corrected chi connectivity index (χ2v) is 3.24. The van der Waals surface area contributed by atoms with Gasteiger partial charge in [0.25, 0.3) is 0 Å². The summed E-state index contributed by atoms with van der Waals surface area (Å²) in [6.07, 6.45) is 3.11. The van der Waals surface area contributed by atoms with Crippen molar-refractivity contribution in [1.82, 2.24) is 0 Å². The fraction of sp³-hybridized carbons (Fsp3) is 0.692. The first-order valence-electron chi connectivity index (χ1n) is 6.06. The Bertz CT molecular complexity index is 164. The topological polar surface area (TPSA) is 46.2 Å². The van der Waals surface area contributed by atoms with Gasteiger partial charge in [0.1, 0.15) is 6.61 Å². The van der Waals surface area contributed by atoms with Crippen molar-refractivity contribution in [2.24, 2.45) is 0 Å². The third-order valence-electron chi connectivity index (χ3n) is 1.82. The van der Waals surface area contributed by atoms with E-state index in [1.54, 1.807) is 6.08 Å². The molecule has 18 heavy (non-hydrogen) atoms. The summed E-state index contributed by atoms with van der Waals surface area (Å²) in [5.74, 6) is 0. The Labute approximate surface area is 109 Å². The molecule has 106 valence electrons. The quantitative estimate of drug-likeness (QED) is 0.253. The monoisotopic (exact) mass is 260 g/mol. The summed E-state index contributed by atoms with van der Waals surface area (Å²) in [5.41, 5.74) is 0. The highest BCUT2D eigenvalue weighted by Gasteiger charge is 1.92. The third-order valence-corrected chi connectivity index (χ3v) is 1.82. The smallest absolute Gasteiger partial charge is 0.111 e. The van der Waals surface area contributed by atoms with E-state index in [1.165, 1.54) is 6.26 Å². The van der Waals surface area contributed by atoms with Crippen LogP contribution in [0.3, 0.4) is 0 Å². The van der Waals surface area contributed by atoms with E-state index >= 15 is 0 Å². The van der Waals surface area contributed by atoms with E-state index < -0.39 is 0 Å². The van der Waals surface area contributed by atoms with E-state index in [9.17, 15) is 0 Å². The molecule has 0 rings (SSSR count). The minimum absolute atomic E-state index is 0.525. The van der Waals surface area contributed by atoms with Gasteiger partial charge in [-0.3, -0.25) is 0 Å². The van der Waals surface area contributed by atoms with Crippen LogP contribution in [0.2, 0.25) is 0 Å². The Balaban J connectivity index is 2.90. The SMILES string of the molecule is C=CCOCCOCCOCCOCCOC=C. The lowest BCUT2D eigenvalue weighted by Crippen LogP contribution is -2.12. The maximum atomic E-state index is 5.30. The zero-order chi connectivity index (χ0) is 13.3. The maximum Gasteiger partial charge on any atom is 0.111 e. The molecule has 0 saturated heterocycles. The third kappa shape index (κ3) is 15.1. The van der Waals surface area contributed by atoms with E-state index in [0.717, 1.165) is 0 Å². The van der Waals surface area contributed by atoms with Crippen molar-refractivity contribution in [2.45, 2.75) is 0 Å². The molecule has 0 bridgehead atoms. The van der Waals surface area contributed by atoms with Gasteiger partial charge in [-0.25, -0.2) is 0 Å². The maximum absolute atomic E-state index is 5.30. The van der Waals surface area contributed by atoms with Gasteiger partial charge in [0.15, 0.2) is 0 Å². The molecule has 0 aromatic rings. The molecule has 0 amide bonds. The molecular formula is C13H24O5. The molecule has 0 N–H and O–H groups in total. The molecule has 0 radical (unpaired) electrons. The largest absolute Gasteiger partial charge is 0.499 e. The summed E-state index contributed by atoms with van der Waals surface area (Å²) in [6, 6.07) is 0. The molecule has 0 aromatic heterocycles. The summed E-state index contributed by atoms with van der Waals surface area (Å²) < 4.78 is 25.9. The molecule has 0 heterocycles. The summed E-state index contributed by atoms with van der Waals surface area (Å²) >= 11 is 0. The van der Waals surface area contributed by atoms with E-state index in [-0.39, 0.29) is 0 Å². The molecule has 0 atom stereocenters. The molecule has 0 spiro atoms. The van der Waals surface area contributed by atoms with Gasteiger partial charge in [-0.1, -0.05) is 12.7 Å². The summed E-state index contributed by atoms with van der Waals surface area (Å²) in [4.78, 5) is 0. The van der Waals surface area contributed by atoms with Crippen LogP contribution in [0.25, 0.3) is 0 Å². The second kappa shape index (κ2) is 16.1. The molecule has 0 fully saturated rings. The molecule has 0 saturated carbocycles. The van der Waals surface area contributed by atoms with Crippen molar-refractivity contribution < 1.29 is 23.7 Å². The number of rotatable bonds is 15. The normalized spacial score (nSPS) is 10.2. The molecular weight excluding hydrogens is 236 g/mol. The first kappa shape index (κ1) is 17.1. The van der Waals surface area contributed by atoms with Crippen LogP contribution in [0, 0.1) is 0 Å². The average Bonchev–Trinajstić information content (AvgIpc) is 2.39. The van der Waals surface area contributed by atoms with E-state index in [0.29, 0.717) is 59.5 Å². The Morgan fingerprint density at radius 2 is 1.06 bits per heavy atom. The van der Waals surface area contributed by atoms with Gasteiger partial charge in [-0.15, -0.1) is 6.58 Å². The van der Waals surface area contributed by atoms with Gasteiger partial charge < -0.3 is 23.7 Å². The van der Waals surface area contributed by atoms with Crippen LogP contribution in [-0.4, -0.2) is 59.5 Å². The van der Waals surface area contributed by atoms with Crippen LogP contribution in [0.4, 0.5) is 0 Å². The van der Waals surface area contributed by atoms with Gasteiger partial charge >= 0.3 is 0 Å². The fourth-order valence-electron chi connectivity index (χ4n) is 1.02. The highest BCUT2D eigenvalue weighted by Crippen LogP contribution is 1.83. The van der Waals surface area contributed by atoms with Gasteiger partial charge in [0.05, 0.1) is 59.1 Å². The van der Waals surface area contributed by atoms with Crippen LogP contribution < -0.4 is 0 Å². The van der Waals surface area contributed by atoms with Crippen LogP contribution in [0.1, 0.15) is 0 Å². The van der Waals surface area contributed by atoms with Crippen LogP contribution in [0.5, 0.6) is 0 Å². The van der Waals surface area contributed by atoms with Crippen LogP contribution in [0.15, 0.2) is 25.5 Å². The Morgan fingerprint density at radius 1 is 0.611 bits per heavy atom. The van der Waals surface area contributed by atoms with Crippen molar-refractivity contribution in [3.63, 3.8) is 0 Å². The van der Waals surface area contributed by atoms with Crippen molar-refractivity contribution >= 4 is 0 Å². The standard InChI is InChI=1S/C13H24O5/c1-3-5-15-8-9-17-12-13-18-11-10-16-7-6-14-4-2/h3-4H,1-2,5-13H2. The highest BCUT2D eigenvalue weighted by atomic mass is 16.6. The van der Waals surface area contributed by atoms with Crippen LogP contribution >= 0.6 is 0 Å². The average molecular weight is 260 g/mol. The minimum Gasteiger partial charge on any atom is -0.499 e. The zero-order valence-corrected chi connectivity index (χ0v) is 11.0. The predicted molar refractivity (Wildman–Crippen MR) is 69.6 cm³/mol. The van der Waals surface area contributed by atoms with Crippen molar-refractivity contribution in [3.05, 3.63) is 25.5 Å². The second-order valence-electron chi connectivity index (χ2n) is 3.24. The lowest BCUT2D eigenvalue weighted by Gasteiger charge is -2.06. The molecule has 0 aliphatic carbocycles. The predicted octanol–water partition coefficient (Wildman–Crippen LogP) is 1.40. The van der Waals surface area contributed by atoms with Crippen LogP contribution in [-0.2, 0) is 23.7 Å². The Hall–Kier alpha value is -0.880. The first-order chi connectivity index (χ1) is 8.91. The van der Waals surface area contributed by atoms with Crippen molar-refractivity contribution in [1.29, 1.82) is 0 Å². The summed E-state index contributed by atoms with van der Waals surface area (Å²) in [5, 5.41) is 0. The van der Waals surface area contributed by atoms with Gasteiger partial charge in [0.2, 0.25) is 0 Å². The van der Waals surface area contributed by atoms with Gasteiger partial charge in [-0.2, -0.15) is 0 Å². The van der Waals surface area contributed by atoms with Gasteiger partial charge in [-0.05, 0) is 0 Å². The Kier molecular flexibility index (Phi) is 15.3. The van der Waals surface area contributed by atoms with E-state index in [2.05, 4.69) is 13.2 Å².